The van der Waals surface area contributed by atoms with E-state index in [-0.39, 0.29) is 0 Å². The van der Waals surface area contributed by atoms with Crippen molar-refractivity contribution in [3.8, 4) is 11.5 Å². The number of methoxy groups -OCH3 is 2. The molecule has 0 unspecified atom stereocenters. The molecule has 1 saturated heterocycles. The minimum absolute atomic E-state index is 0.422. The second-order valence-corrected chi connectivity index (χ2v) is 5.47. The zero-order valence-corrected chi connectivity index (χ0v) is 12.8. The number of hydrogen-bond donors (Lipinski definition) is 1. The number of rotatable bonds is 6. The van der Waals surface area contributed by atoms with Crippen LogP contribution in [-0.2, 0) is 6.42 Å². The van der Waals surface area contributed by atoms with E-state index in [4.69, 9.17) is 9.47 Å². The number of hydrazine groups is 1. The molecular formula is C16H26N2O2. The fourth-order valence-corrected chi connectivity index (χ4v) is 2.74. The Labute approximate surface area is 122 Å². The van der Waals surface area contributed by atoms with E-state index in [9.17, 15) is 0 Å². The van der Waals surface area contributed by atoms with Gasteiger partial charge in [-0.2, -0.15) is 0 Å². The highest BCUT2D eigenvalue weighted by Crippen LogP contribution is 2.28. The first-order chi connectivity index (χ1) is 9.72. The summed E-state index contributed by atoms with van der Waals surface area (Å²) in [4.78, 5) is 0. The maximum atomic E-state index is 5.35. The van der Waals surface area contributed by atoms with Crippen LogP contribution in [0.3, 0.4) is 0 Å². The van der Waals surface area contributed by atoms with Crippen molar-refractivity contribution < 1.29 is 9.47 Å². The van der Waals surface area contributed by atoms with Crippen LogP contribution in [0.1, 0.15) is 31.7 Å². The molecule has 0 radical (unpaired) electrons. The van der Waals surface area contributed by atoms with E-state index in [1.807, 2.05) is 6.07 Å². The van der Waals surface area contributed by atoms with Gasteiger partial charge in [0.25, 0.3) is 0 Å². The predicted octanol–water partition coefficient (Wildman–Crippen LogP) is 2.63. The summed E-state index contributed by atoms with van der Waals surface area (Å²) < 4.78 is 10.6. The molecule has 20 heavy (non-hydrogen) atoms. The summed E-state index contributed by atoms with van der Waals surface area (Å²) in [6.07, 6.45) is 4.95. The first kappa shape index (κ1) is 15.1. The van der Waals surface area contributed by atoms with E-state index in [2.05, 4.69) is 29.5 Å². The molecule has 1 heterocycles. The molecule has 1 fully saturated rings. The molecule has 4 heteroatoms. The van der Waals surface area contributed by atoms with Gasteiger partial charge >= 0.3 is 0 Å². The minimum atomic E-state index is 0.422. The Kier molecular flexibility index (Phi) is 5.68. The van der Waals surface area contributed by atoms with Crippen LogP contribution in [0.15, 0.2) is 18.2 Å². The average molecular weight is 278 g/mol. The number of nitrogens with zero attached hydrogens (tertiary/aromatic N) is 1. The van der Waals surface area contributed by atoms with Crippen molar-refractivity contribution in [1.29, 1.82) is 0 Å². The van der Waals surface area contributed by atoms with Gasteiger partial charge in [-0.3, -0.25) is 5.43 Å². The first-order valence-corrected chi connectivity index (χ1v) is 7.45. The Morgan fingerprint density at radius 1 is 1.10 bits per heavy atom. The molecule has 0 amide bonds. The SMILES string of the molecule is COc1ccc(C[C@@H](C)NN2CCCCC2)cc1OC. The highest BCUT2D eigenvalue weighted by molar-refractivity contribution is 5.43. The zero-order valence-electron chi connectivity index (χ0n) is 12.8. The van der Waals surface area contributed by atoms with Crippen LogP contribution in [-0.4, -0.2) is 38.4 Å². The van der Waals surface area contributed by atoms with Gasteiger partial charge in [0.05, 0.1) is 14.2 Å². The van der Waals surface area contributed by atoms with Crippen molar-refractivity contribution in [3.63, 3.8) is 0 Å². The quantitative estimate of drug-likeness (QED) is 0.867. The summed E-state index contributed by atoms with van der Waals surface area (Å²) in [6, 6.07) is 6.57. The number of nitrogens with one attached hydrogen (secondary N) is 1. The highest BCUT2D eigenvalue weighted by Gasteiger charge is 2.13. The van der Waals surface area contributed by atoms with Gasteiger partial charge in [-0.05, 0) is 43.9 Å². The lowest BCUT2D eigenvalue weighted by Gasteiger charge is -2.30. The Morgan fingerprint density at radius 3 is 2.45 bits per heavy atom. The third kappa shape index (κ3) is 4.12. The fraction of sp³-hybridized carbons (Fsp3) is 0.625. The summed E-state index contributed by atoms with van der Waals surface area (Å²) in [5, 5.41) is 2.36. The van der Waals surface area contributed by atoms with Crippen LogP contribution in [0.5, 0.6) is 11.5 Å². The Hall–Kier alpha value is -1.26. The normalized spacial score (nSPS) is 17.8. The van der Waals surface area contributed by atoms with Gasteiger partial charge in [-0.25, -0.2) is 5.01 Å². The van der Waals surface area contributed by atoms with E-state index in [1.54, 1.807) is 14.2 Å². The van der Waals surface area contributed by atoms with E-state index in [0.29, 0.717) is 6.04 Å². The summed E-state index contributed by atoms with van der Waals surface area (Å²) in [7, 11) is 3.34. The van der Waals surface area contributed by atoms with Crippen molar-refractivity contribution in [2.24, 2.45) is 0 Å². The topological polar surface area (TPSA) is 33.7 Å². The lowest BCUT2D eigenvalue weighted by atomic mass is 10.1. The summed E-state index contributed by atoms with van der Waals surface area (Å²) in [5.74, 6) is 1.59. The van der Waals surface area contributed by atoms with E-state index < -0.39 is 0 Å². The molecule has 4 nitrogen and oxygen atoms in total. The monoisotopic (exact) mass is 278 g/mol. The molecule has 112 valence electrons. The molecule has 0 spiro atoms. The van der Waals surface area contributed by atoms with Gasteiger partial charge in [-0.15, -0.1) is 0 Å². The average Bonchev–Trinajstić information content (AvgIpc) is 2.48. The van der Waals surface area contributed by atoms with Gasteiger partial charge in [0.2, 0.25) is 0 Å². The maximum absolute atomic E-state index is 5.35. The van der Waals surface area contributed by atoms with Crippen molar-refractivity contribution in [1.82, 2.24) is 10.4 Å². The number of hydrogen-bond acceptors (Lipinski definition) is 4. The molecule has 1 aliphatic rings. The van der Waals surface area contributed by atoms with Crippen molar-refractivity contribution >= 4 is 0 Å². The van der Waals surface area contributed by atoms with Crippen LogP contribution in [0.4, 0.5) is 0 Å². The molecule has 2 rings (SSSR count). The second kappa shape index (κ2) is 7.50. The lowest BCUT2D eigenvalue weighted by Crippen LogP contribution is -2.46. The van der Waals surface area contributed by atoms with Gasteiger partial charge in [0.15, 0.2) is 11.5 Å². The minimum Gasteiger partial charge on any atom is -0.493 e. The summed E-state index contributed by atoms with van der Waals surface area (Å²) in [6.45, 7) is 4.55. The number of benzene rings is 1. The molecule has 0 aromatic heterocycles. The Bertz CT molecular complexity index is 417. The van der Waals surface area contributed by atoms with Crippen LogP contribution in [0.25, 0.3) is 0 Å². The lowest BCUT2D eigenvalue weighted by molar-refractivity contribution is 0.132. The van der Waals surface area contributed by atoms with Gasteiger partial charge < -0.3 is 9.47 Å². The third-order valence-corrected chi connectivity index (χ3v) is 3.75. The standard InChI is InChI=1S/C16H26N2O2/c1-13(17-18-9-5-4-6-10-18)11-14-7-8-15(19-2)16(12-14)20-3/h7-8,12-13,17H,4-6,9-11H2,1-3H3/t13-/m1/s1. The van der Waals surface area contributed by atoms with E-state index in [0.717, 1.165) is 31.0 Å². The van der Waals surface area contributed by atoms with Crippen molar-refractivity contribution in [3.05, 3.63) is 23.8 Å². The third-order valence-electron chi connectivity index (χ3n) is 3.75. The largest absolute Gasteiger partial charge is 0.493 e. The molecule has 1 aliphatic heterocycles. The van der Waals surface area contributed by atoms with Crippen LogP contribution < -0.4 is 14.9 Å². The Balaban J connectivity index is 1.91. The zero-order chi connectivity index (χ0) is 14.4. The number of piperidine rings is 1. The molecule has 1 aromatic carbocycles. The molecule has 0 bridgehead atoms. The summed E-state index contributed by atoms with van der Waals surface area (Å²) in [5.41, 5.74) is 4.86. The first-order valence-electron chi connectivity index (χ1n) is 7.45. The number of ether oxygens (including phenoxy) is 2. The van der Waals surface area contributed by atoms with Crippen molar-refractivity contribution in [2.45, 2.75) is 38.6 Å². The van der Waals surface area contributed by atoms with Gasteiger partial charge in [0, 0.05) is 19.1 Å². The smallest absolute Gasteiger partial charge is 0.160 e. The molecular weight excluding hydrogens is 252 g/mol. The Morgan fingerprint density at radius 2 is 1.80 bits per heavy atom. The molecule has 0 saturated carbocycles. The van der Waals surface area contributed by atoms with Crippen molar-refractivity contribution in [2.75, 3.05) is 27.3 Å². The molecule has 0 aliphatic carbocycles. The maximum Gasteiger partial charge on any atom is 0.160 e. The molecule has 1 aromatic rings. The van der Waals surface area contributed by atoms with Gasteiger partial charge in [-0.1, -0.05) is 12.5 Å². The van der Waals surface area contributed by atoms with Crippen LogP contribution in [0, 0.1) is 0 Å². The van der Waals surface area contributed by atoms with E-state index >= 15 is 0 Å². The molecule has 1 atom stereocenters. The van der Waals surface area contributed by atoms with Crippen LogP contribution in [0.2, 0.25) is 0 Å². The van der Waals surface area contributed by atoms with E-state index in [1.165, 1.54) is 24.8 Å². The van der Waals surface area contributed by atoms with Crippen LogP contribution >= 0.6 is 0 Å². The summed E-state index contributed by atoms with van der Waals surface area (Å²) >= 11 is 0. The second-order valence-electron chi connectivity index (χ2n) is 5.47. The highest BCUT2D eigenvalue weighted by atomic mass is 16.5. The fourth-order valence-electron chi connectivity index (χ4n) is 2.74. The van der Waals surface area contributed by atoms with Gasteiger partial charge in [0.1, 0.15) is 0 Å². The molecule has 1 N–H and O–H groups in total. The predicted molar refractivity (Wildman–Crippen MR) is 81.3 cm³/mol.